The van der Waals surface area contributed by atoms with Gasteiger partial charge in [-0.3, -0.25) is 4.98 Å². The van der Waals surface area contributed by atoms with Gasteiger partial charge >= 0.3 is 0 Å². The van der Waals surface area contributed by atoms with Crippen LogP contribution in [0.25, 0.3) is 6.08 Å². The molecular formula is C8H11N3O. The normalized spacial score (nSPS) is 10.5. The number of nitrogens with zero attached hydrogens (tertiary/aromatic N) is 2. The third-order valence-corrected chi connectivity index (χ3v) is 1.39. The van der Waals surface area contributed by atoms with Crippen LogP contribution in [0.1, 0.15) is 11.4 Å². The quantitative estimate of drug-likeness (QED) is 0.664. The number of rotatable bonds is 2. The molecule has 1 heterocycles. The Labute approximate surface area is 71.1 Å². The third kappa shape index (κ3) is 1.95. The molecule has 0 saturated heterocycles. The number of hydrogen-bond acceptors (Lipinski definition) is 4. The second-order valence-corrected chi connectivity index (χ2v) is 2.30. The molecule has 0 saturated carbocycles. The number of aryl methyl sites for hydroxylation is 1. The van der Waals surface area contributed by atoms with Gasteiger partial charge in [0.2, 0.25) is 0 Å². The Morgan fingerprint density at radius 2 is 2.33 bits per heavy atom. The number of ether oxygens (including phenoxy) is 1. The van der Waals surface area contributed by atoms with Gasteiger partial charge in [0.15, 0.2) is 0 Å². The average molecular weight is 165 g/mol. The van der Waals surface area contributed by atoms with Crippen molar-refractivity contribution in [1.29, 1.82) is 0 Å². The smallest absolute Gasteiger partial charge is 0.145 e. The van der Waals surface area contributed by atoms with E-state index >= 15 is 0 Å². The van der Waals surface area contributed by atoms with Crippen LogP contribution in [0.15, 0.2) is 12.5 Å². The fourth-order valence-electron chi connectivity index (χ4n) is 0.696. The molecule has 0 unspecified atom stereocenters. The van der Waals surface area contributed by atoms with Crippen molar-refractivity contribution in [3.63, 3.8) is 0 Å². The van der Waals surface area contributed by atoms with Crippen molar-refractivity contribution in [1.82, 2.24) is 9.97 Å². The zero-order valence-electron chi connectivity index (χ0n) is 7.11. The van der Waals surface area contributed by atoms with Crippen LogP contribution in [0.2, 0.25) is 0 Å². The number of hydrogen-bond donors (Lipinski definition) is 1. The summed E-state index contributed by atoms with van der Waals surface area (Å²) in [4.78, 5) is 8.10. The maximum Gasteiger partial charge on any atom is 0.145 e. The molecular weight excluding hydrogens is 154 g/mol. The van der Waals surface area contributed by atoms with Crippen molar-refractivity contribution in [2.45, 2.75) is 6.92 Å². The Kier molecular flexibility index (Phi) is 2.63. The number of nitrogen functional groups attached to an aromatic ring is 1. The van der Waals surface area contributed by atoms with Crippen molar-refractivity contribution in [3.05, 3.63) is 23.8 Å². The summed E-state index contributed by atoms with van der Waals surface area (Å²) >= 11 is 0. The van der Waals surface area contributed by atoms with Gasteiger partial charge in [-0.2, -0.15) is 0 Å². The molecule has 0 atom stereocenters. The largest absolute Gasteiger partial charge is 0.504 e. The molecule has 4 heteroatoms. The Morgan fingerprint density at radius 1 is 1.58 bits per heavy atom. The summed E-state index contributed by atoms with van der Waals surface area (Å²) in [5.74, 6) is 0.452. The lowest BCUT2D eigenvalue weighted by molar-refractivity contribution is 0.341. The second-order valence-electron chi connectivity index (χ2n) is 2.30. The number of nitrogens with two attached hydrogens (primary N) is 1. The molecule has 1 rings (SSSR count). The molecule has 64 valence electrons. The van der Waals surface area contributed by atoms with Crippen molar-refractivity contribution < 1.29 is 4.74 Å². The summed E-state index contributed by atoms with van der Waals surface area (Å²) in [7, 11) is 1.57. The summed E-state index contributed by atoms with van der Waals surface area (Å²) in [6, 6.07) is 0. The van der Waals surface area contributed by atoms with Crippen LogP contribution in [0.4, 0.5) is 5.82 Å². The maximum atomic E-state index is 5.54. The maximum absolute atomic E-state index is 5.54. The van der Waals surface area contributed by atoms with Crippen molar-refractivity contribution in [3.8, 4) is 0 Å². The molecule has 0 spiro atoms. The summed E-state index contributed by atoms with van der Waals surface area (Å²) in [6.45, 7) is 1.81. The number of aromatic nitrogens is 2. The molecule has 1 aromatic heterocycles. The fourth-order valence-corrected chi connectivity index (χ4v) is 0.696. The Balaban J connectivity index is 2.89. The zero-order chi connectivity index (χ0) is 8.97. The van der Waals surface area contributed by atoms with Gasteiger partial charge in [0.25, 0.3) is 0 Å². The number of methoxy groups -OCH3 is 1. The molecule has 1 aromatic rings. The van der Waals surface area contributed by atoms with Gasteiger partial charge in [-0.15, -0.1) is 0 Å². The summed E-state index contributed by atoms with van der Waals surface area (Å²) < 4.78 is 4.73. The summed E-state index contributed by atoms with van der Waals surface area (Å²) in [6.07, 6.45) is 4.86. The first kappa shape index (κ1) is 8.52. The van der Waals surface area contributed by atoms with Crippen LogP contribution in [0.3, 0.4) is 0 Å². The molecule has 0 bridgehead atoms. The highest BCUT2D eigenvalue weighted by atomic mass is 16.5. The number of anilines is 1. The van der Waals surface area contributed by atoms with Crippen LogP contribution in [0, 0.1) is 6.92 Å². The van der Waals surface area contributed by atoms with Crippen LogP contribution < -0.4 is 5.73 Å². The standard InChI is InChI=1S/C8H11N3O/c1-6-8(9)11-7(5-10-6)3-4-12-2/h3-5H,1-2H3,(H2,9,11). The predicted octanol–water partition coefficient (Wildman–Crippen LogP) is 0.984. The van der Waals surface area contributed by atoms with Gasteiger partial charge in [-0.05, 0) is 13.0 Å². The molecule has 4 nitrogen and oxygen atoms in total. The van der Waals surface area contributed by atoms with Crippen LogP contribution >= 0.6 is 0 Å². The van der Waals surface area contributed by atoms with Gasteiger partial charge in [0.05, 0.1) is 31.0 Å². The van der Waals surface area contributed by atoms with E-state index in [4.69, 9.17) is 10.5 Å². The minimum absolute atomic E-state index is 0.452. The van der Waals surface area contributed by atoms with E-state index in [1.165, 1.54) is 6.26 Å². The lowest BCUT2D eigenvalue weighted by atomic mass is 10.4. The first-order valence-corrected chi connectivity index (χ1v) is 3.52. The van der Waals surface area contributed by atoms with E-state index < -0.39 is 0 Å². The molecule has 0 amide bonds. The van der Waals surface area contributed by atoms with Gasteiger partial charge in [-0.25, -0.2) is 4.98 Å². The Bertz CT molecular complexity index is 296. The monoisotopic (exact) mass is 165 g/mol. The molecule has 0 aromatic carbocycles. The van der Waals surface area contributed by atoms with E-state index in [1.54, 1.807) is 19.4 Å². The van der Waals surface area contributed by atoms with Crippen molar-refractivity contribution >= 4 is 11.9 Å². The molecule has 0 aliphatic heterocycles. The lowest BCUT2D eigenvalue weighted by Crippen LogP contribution is -1.97. The minimum atomic E-state index is 0.452. The van der Waals surface area contributed by atoms with Gasteiger partial charge in [-0.1, -0.05) is 0 Å². The third-order valence-electron chi connectivity index (χ3n) is 1.39. The second kappa shape index (κ2) is 3.71. The summed E-state index contributed by atoms with van der Waals surface area (Å²) in [5.41, 5.74) is 6.98. The first-order chi connectivity index (χ1) is 5.74. The SMILES string of the molecule is COC=Cc1cnc(C)c(N)n1. The average Bonchev–Trinajstić information content (AvgIpc) is 2.07. The van der Waals surface area contributed by atoms with Gasteiger partial charge in [0, 0.05) is 0 Å². The van der Waals surface area contributed by atoms with E-state index in [1.807, 2.05) is 6.92 Å². The van der Waals surface area contributed by atoms with Gasteiger partial charge in [0.1, 0.15) is 5.82 Å². The highest BCUT2D eigenvalue weighted by molar-refractivity contribution is 5.46. The van der Waals surface area contributed by atoms with Crippen molar-refractivity contribution in [2.24, 2.45) is 0 Å². The molecule has 0 fully saturated rings. The predicted molar refractivity (Wildman–Crippen MR) is 47.2 cm³/mol. The van der Waals surface area contributed by atoms with E-state index in [-0.39, 0.29) is 0 Å². The lowest BCUT2D eigenvalue weighted by Gasteiger charge is -1.98. The van der Waals surface area contributed by atoms with E-state index in [0.717, 1.165) is 5.69 Å². The molecule has 0 radical (unpaired) electrons. The van der Waals surface area contributed by atoms with E-state index in [9.17, 15) is 0 Å². The highest BCUT2D eigenvalue weighted by Crippen LogP contribution is 2.04. The molecule has 2 N–H and O–H groups in total. The minimum Gasteiger partial charge on any atom is -0.504 e. The summed E-state index contributed by atoms with van der Waals surface area (Å²) in [5, 5.41) is 0. The highest BCUT2D eigenvalue weighted by Gasteiger charge is 1.95. The van der Waals surface area contributed by atoms with Crippen LogP contribution in [-0.4, -0.2) is 17.1 Å². The van der Waals surface area contributed by atoms with E-state index in [2.05, 4.69) is 9.97 Å². The molecule has 0 aliphatic carbocycles. The topological polar surface area (TPSA) is 61.0 Å². The molecule has 12 heavy (non-hydrogen) atoms. The van der Waals surface area contributed by atoms with Crippen LogP contribution in [0.5, 0.6) is 0 Å². The molecule has 0 aliphatic rings. The fraction of sp³-hybridized carbons (Fsp3) is 0.250. The zero-order valence-corrected chi connectivity index (χ0v) is 7.11. The van der Waals surface area contributed by atoms with Crippen molar-refractivity contribution in [2.75, 3.05) is 12.8 Å². The van der Waals surface area contributed by atoms with Gasteiger partial charge < -0.3 is 10.5 Å². The first-order valence-electron chi connectivity index (χ1n) is 3.52. The van der Waals surface area contributed by atoms with Crippen LogP contribution in [-0.2, 0) is 4.74 Å². The Morgan fingerprint density at radius 3 is 2.92 bits per heavy atom. The Hall–Kier alpha value is -1.58. The van der Waals surface area contributed by atoms with E-state index in [0.29, 0.717) is 11.5 Å².